The molecule has 0 aliphatic rings. The van der Waals surface area contributed by atoms with Crippen molar-refractivity contribution < 1.29 is 24.3 Å². The van der Waals surface area contributed by atoms with Crippen LogP contribution in [0.4, 0.5) is 0 Å². The molecular weight excluding hydrogens is 446 g/mol. The number of hydrogen-bond donors (Lipinski definition) is 8. The highest BCUT2D eigenvalue weighted by Crippen LogP contribution is 2.05. The maximum atomic E-state index is 12.8. The number of aromatic nitrogens is 2. The van der Waals surface area contributed by atoms with Crippen molar-refractivity contribution in [3.63, 3.8) is 0 Å². The quantitative estimate of drug-likeness (QED) is 0.0797. The number of guanidine groups is 1. The van der Waals surface area contributed by atoms with Gasteiger partial charge in [0.2, 0.25) is 17.7 Å². The van der Waals surface area contributed by atoms with Crippen LogP contribution < -0.4 is 33.2 Å². The summed E-state index contributed by atoms with van der Waals surface area (Å²) in [6.07, 6.45) is 3.64. The number of aliphatic imine (C=N–C) groups is 1. The van der Waals surface area contributed by atoms with Gasteiger partial charge in [0.1, 0.15) is 18.1 Å². The summed E-state index contributed by atoms with van der Waals surface area (Å²) in [7, 11) is 0. The van der Waals surface area contributed by atoms with Crippen LogP contribution in [0.1, 0.15) is 39.3 Å². The summed E-state index contributed by atoms with van der Waals surface area (Å²) >= 11 is 0. The van der Waals surface area contributed by atoms with Crippen LogP contribution in [0.2, 0.25) is 0 Å². The van der Waals surface area contributed by atoms with E-state index in [1.54, 1.807) is 20.0 Å². The van der Waals surface area contributed by atoms with Crippen LogP contribution in [-0.2, 0) is 25.6 Å². The van der Waals surface area contributed by atoms with Gasteiger partial charge in [-0.05, 0) is 25.7 Å². The molecular formula is C20H35N9O5. The van der Waals surface area contributed by atoms with Gasteiger partial charge >= 0.3 is 5.97 Å². The van der Waals surface area contributed by atoms with Crippen LogP contribution in [0.5, 0.6) is 0 Å². The van der Waals surface area contributed by atoms with Crippen LogP contribution in [0.15, 0.2) is 17.5 Å². The van der Waals surface area contributed by atoms with Crippen molar-refractivity contribution in [2.75, 3.05) is 6.54 Å². The molecule has 11 N–H and O–H groups in total. The molecule has 0 fully saturated rings. The summed E-state index contributed by atoms with van der Waals surface area (Å²) in [5.41, 5.74) is 17.0. The lowest BCUT2D eigenvalue weighted by Gasteiger charge is -2.25. The van der Waals surface area contributed by atoms with Crippen molar-refractivity contribution in [2.24, 2.45) is 28.1 Å². The average molecular weight is 482 g/mol. The van der Waals surface area contributed by atoms with Gasteiger partial charge in [0, 0.05) is 24.9 Å². The molecule has 1 aromatic rings. The SMILES string of the molecule is CC(NC(=O)C(NC(=O)C(N)Cc1cnc[nH]1)C(C)C)C(=O)NC(CCCN=C(N)N)C(=O)O. The van der Waals surface area contributed by atoms with Crippen molar-refractivity contribution in [1.82, 2.24) is 25.9 Å². The molecule has 0 saturated heterocycles. The highest BCUT2D eigenvalue weighted by molar-refractivity contribution is 5.94. The number of amides is 3. The van der Waals surface area contributed by atoms with Gasteiger partial charge in [-0.25, -0.2) is 9.78 Å². The highest BCUT2D eigenvalue weighted by atomic mass is 16.4. The van der Waals surface area contributed by atoms with Gasteiger partial charge in [-0.1, -0.05) is 13.8 Å². The normalized spacial score (nSPS) is 14.4. The van der Waals surface area contributed by atoms with E-state index in [0.717, 1.165) is 0 Å². The second kappa shape index (κ2) is 13.8. The van der Waals surface area contributed by atoms with Crippen LogP contribution in [0.3, 0.4) is 0 Å². The predicted octanol–water partition coefficient (Wildman–Crippen LogP) is -2.45. The van der Waals surface area contributed by atoms with Crippen LogP contribution in [0, 0.1) is 5.92 Å². The Morgan fingerprint density at radius 2 is 1.76 bits per heavy atom. The van der Waals surface area contributed by atoms with E-state index < -0.39 is 47.9 Å². The van der Waals surface area contributed by atoms with E-state index in [9.17, 15) is 24.3 Å². The molecule has 0 aliphatic carbocycles. The van der Waals surface area contributed by atoms with Crippen molar-refractivity contribution in [3.05, 3.63) is 18.2 Å². The number of carbonyl (C=O) groups is 4. The van der Waals surface area contributed by atoms with Gasteiger partial charge in [-0.2, -0.15) is 0 Å². The lowest BCUT2D eigenvalue weighted by atomic mass is 10.0. The molecule has 1 rings (SSSR count). The number of hydrogen-bond acceptors (Lipinski definition) is 7. The second-order valence-corrected chi connectivity index (χ2v) is 8.20. The standard InChI is InChI=1S/C20H35N9O5/c1-10(2)15(29-17(31)13(21)7-12-8-24-9-26-12)18(32)27-11(3)16(30)28-14(19(33)34)5-4-6-25-20(22)23/h8-11,13-15H,4-7,21H2,1-3H3,(H,24,26)(H,27,32)(H,28,30)(H,29,31)(H,33,34)(H4,22,23,25). The van der Waals surface area contributed by atoms with Crippen LogP contribution in [-0.4, -0.2) is 75.4 Å². The first kappa shape index (κ1) is 28.4. The van der Waals surface area contributed by atoms with Crippen molar-refractivity contribution in [1.29, 1.82) is 0 Å². The van der Waals surface area contributed by atoms with Crippen LogP contribution in [0.25, 0.3) is 0 Å². The molecule has 3 amide bonds. The van der Waals surface area contributed by atoms with Gasteiger partial charge in [0.15, 0.2) is 5.96 Å². The monoisotopic (exact) mass is 481 g/mol. The minimum Gasteiger partial charge on any atom is -0.480 e. The van der Waals surface area contributed by atoms with E-state index in [0.29, 0.717) is 12.1 Å². The number of carbonyl (C=O) groups excluding carboxylic acids is 3. The number of imidazole rings is 1. The summed E-state index contributed by atoms with van der Waals surface area (Å²) in [6, 6.07) is -4.10. The molecule has 190 valence electrons. The molecule has 34 heavy (non-hydrogen) atoms. The van der Waals surface area contributed by atoms with E-state index in [1.165, 1.54) is 13.3 Å². The number of H-pyrrole nitrogens is 1. The number of nitrogens with one attached hydrogen (secondary N) is 4. The lowest BCUT2D eigenvalue weighted by molar-refractivity contribution is -0.142. The Bertz CT molecular complexity index is 853. The predicted molar refractivity (Wildman–Crippen MR) is 124 cm³/mol. The van der Waals surface area contributed by atoms with Gasteiger partial charge in [0.05, 0.1) is 12.4 Å². The summed E-state index contributed by atoms with van der Waals surface area (Å²) in [4.78, 5) is 59.6. The van der Waals surface area contributed by atoms with Crippen LogP contribution >= 0.6 is 0 Å². The van der Waals surface area contributed by atoms with Gasteiger partial charge in [0.25, 0.3) is 0 Å². The first-order valence-electron chi connectivity index (χ1n) is 10.8. The van der Waals surface area contributed by atoms with Gasteiger partial charge in [-0.3, -0.25) is 19.4 Å². The Morgan fingerprint density at radius 3 is 2.29 bits per heavy atom. The van der Waals surface area contributed by atoms with Crippen molar-refractivity contribution in [2.45, 2.75) is 64.2 Å². The Balaban J connectivity index is 2.66. The molecule has 4 unspecified atom stereocenters. The first-order chi connectivity index (χ1) is 15.9. The smallest absolute Gasteiger partial charge is 0.326 e. The zero-order valence-electron chi connectivity index (χ0n) is 19.6. The molecule has 0 aromatic carbocycles. The van der Waals surface area contributed by atoms with Gasteiger partial charge < -0.3 is 43.2 Å². The molecule has 4 atom stereocenters. The Morgan fingerprint density at radius 1 is 1.09 bits per heavy atom. The number of carboxylic acid groups (broad SMARTS) is 1. The lowest BCUT2D eigenvalue weighted by Crippen LogP contribution is -2.57. The summed E-state index contributed by atoms with van der Waals surface area (Å²) in [5, 5.41) is 16.8. The number of aliphatic carboxylic acids is 1. The molecule has 0 saturated carbocycles. The zero-order valence-corrected chi connectivity index (χ0v) is 19.6. The topological polar surface area (TPSA) is 244 Å². The number of carboxylic acids is 1. The molecule has 1 heterocycles. The van der Waals surface area contributed by atoms with Crippen molar-refractivity contribution in [3.8, 4) is 0 Å². The molecule has 14 nitrogen and oxygen atoms in total. The zero-order chi connectivity index (χ0) is 25.8. The number of aromatic amines is 1. The molecule has 0 bridgehead atoms. The maximum absolute atomic E-state index is 12.8. The highest BCUT2D eigenvalue weighted by Gasteiger charge is 2.30. The largest absolute Gasteiger partial charge is 0.480 e. The number of nitrogens with two attached hydrogens (primary N) is 3. The molecule has 0 aliphatic heterocycles. The fourth-order valence-corrected chi connectivity index (χ4v) is 2.95. The second-order valence-electron chi connectivity index (χ2n) is 8.20. The molecule has 1 aromatic heterocycles. The van der Waals surface area contributed by atoms with Gasteiger partial charge in [-0.15, -0.1) is 0 Å². The third-order valence-electron chi connectivity index (χ3n) is 4.89. The molecule has 0 spiro atoms. The molecule has 14 heteroatoms. The summed E-state index contributed by atoms with van der Waals surface area (Å²) < 4.78 is 0. The van der Waals surface area contributed by atoms with Crippen molar-refractivity contribution >= 4 is 29.7 Å². The Hall–Kier alpha value is -3.68. The van der Waals surface area contributed by atoms with E-state index >= 15 is 0 Å². The summed E-state index contributed by atoms with van der Waals surface area (Å²) in [6.45, 7) is 5.08. The summed E-state index contributed by atoms with van der Waals surface area (Å²) in [5.74, 6) is -3.46. The minimum absolute atomic E-state index is 0.0947. The van der Waals surface area contributed by atoms with E-state index in [1.807, 2.05) is 0 Å². The third-order valence-corrected chi connectivity index (χ3v) is 4.89. The Labute approximate surface area is 197 Å². The number of rotatable bonds is 14. The Kier molecular flexibility index (Phi) is 11.5. The van der Waals surface area contributed by atoms with E-state index in [4.69, 9.17) is 17.2 Å². The molecule has 0 radical (unpaired) electrons. The fourth-order valence-electron chi connectivity index (χ4n) is 2.95. The maximum Gasteiger partial charge on any atom is 0.326 e. The number of nitrogens with zero attached hydrogens (tertiary/aromatic N) is 2. The minimum atomic E-state index is -1.23. The fraction of sp³-hybridized carbons (Fsp3) is 0.600. The average Bonchev–Trinajstić information content (AvgIpc) is 3.25. The van der Waals surface area contributed by atoms with E-state index in [2.05, 4.69) is 30.9 Å². The third kappa shape index (κ3) is 9.85. The first-order valence-corrected chi connectivity index (χ1v) is 10.8. The van der Waals surface area contributed by atoms with E-state index in [-0.39, 0.29) is 31.3 Å².